The average molecular weight is 385 g/mol. The van der Waals surface area contributed by atoms with Crippen LogP contribution in [0.1, 0.15) is 12.5 Å². The van der Waals surface area contributed by atoms with Crippen LogP contribution in [0.15, 0.2) is 54.6 Å². The summed E-state index contributed by atoms with van der Waals surface area (Å²) in [5.74, 6) is 0.268. The summed E-state index contributed by atoms with van der Waals surface area (Å²) >= 11 is 0. The van der Waals surface area contributed by atoms with Gasteiger partial charge in [-0.1, -0.05) is 43.3 Å². The minimum absolute atomic E-state index is 0.115. The Morgan fingerprint density at radius 2 is 1.71 bits per heavy atom. The summed E-state index contributed by atoms with van der Waals surface area (Å²) in [5, 5.41) is 0. The van der Waals surface area contributed by atoms with Crippen molar-refractivity contribution in [2.45, 2.75) is 13.3 Å². The van der Waals surface area contributed by atoms with E-state index in [2.05, 4.69) is 0 Å². The van der Waals surface area contributed by atoms with Gasteiger partial charge in [0.1, 0.15) is 11.5 Å². The topological polar surface area (TPSA) is 65.1 Å². The Kier molecular flexibility index (Phi) is 8.34. The summed E-state index contributed by atoms with van der Waals surface area (Å²) in [5.41, 5.74) is 1.12. The van der Waals surface area contributed by atoms with Gasteiger partial charge in [-0.05, 0) is 24.1 Å². The number of hydrogen-bond donors (Lipinski definition) is 0. The fraction of sp³-hybridized carbons (Fsp3) is 0.364. The second kappa shape index (κ2) is 11.0. The number of amides is 1. The van der Waals surface area contributed by atoms with Crippen molar-refractivity contribution in [2.75, 3.05) is 33.9 Å². The summed E-state index contributed by atoms with van der Waals surface area (Å²) in [6.07, 6.45) is 0.694. The number of methoxy groups -OCH3 is 2. The molecule has 0 aliphatic heterocycles. The maximum atomic E-state index is 12.8. The highest BCUT2D eigenvalue weighted by atomic mass is 16.5. The van der Waals surface area contributed by atoms with Crippen molar-refractivity contribution in [1.82, 2.24) is 4.90 Å². The van der Waals surface area contributed by atoms with E-state index in [1.807, 2.05) is 30.3 Å². The van der Waals surface area contributed by atoms with Crippen LogP contribution in [0.2, 0.25) is 0 Å². The first-order chi connectivity index (χ1) is 13.5. The van der Waals surface area contributed by atoms with E-state index in [4.69, 9.17) is 14.2 Å². The predicted octanol–water partition coefficient (Wildman–Crippen LogP) is 2.95. The molecule has 2 aromatic rings. The maximum absolute atomic E-state index is 12.8. The second-order valence-corrected chi connectivity index (χ2v) is 6.47. The van der Waals surface area contributed by atoms with Crippen molar-refractivity contribution in [3.63, 3.8) is 0 Å². The average Bonchev–Trinajstić information content (AvgIpc) is 2.74. The molecule has 0 saturated heterocycles. The molecule has 150 valence electrons. The molecule has 1 amide bonds. The molecule has 0 saturated carbocycles. The van der Waals surface area contributed by atoms with Gasteiger partial charge in [0.05, 0.1) is 20.1 Å². The van der Waals surface area contributed by atoms with Crippen LogP contribution in [0.5, 0.6) is 11.5 Å². The summed E-state index contributed by atoms with van der Waals surface area (Å²) in [4.78, 5) is 26.2. The Labute approximate surface area is 166 Å². The highest BCUT2D eigenvalue weighted by Gasteiger charge is 2.22. The number of benzene rings is 2. The zero-order valence-corrected chi connectivity index (χ0v) is 16.6. The first-order valence-corrected chi connectivity index (χ1v) is 9.20. The SMILES string of the molecule is COC(=O)C(C)CN(CCc1ccccc1)C(=O)COc1cccc(OC)c1. The van der Waals surface area contributed by atoms with E-state index in [-0.39, 0.29) is 25.0 Å². The quantitative estimate of drug-likeness (QED) is 0.589. The lowest BCUT2D eigenvalue weighted by molar-refractivity contribution is -0.146. The number of rotatable bonds is 10. The van der Waals surface area contributed by atoms with E-state index in [0.29, 0.717) is 24.5 Å². The van der Waals surface area contributed by atoms with Crippen LogP contribution < -0.4 is 9.47 Å². The Bertz CT molecular complexity index is 763. The van der Waals surface area contributed by atoms with E-state index < -0.39 is 5.92 Å². The molecule has 0 heterocycles. The highest BCUT2D eigenvalue weighted by Crippen LogP contribution is 2.19. The molecule has 2 aromatic carbocycles. The Hall–Kier alpha value is -3.02. The van der Waals surface area contributed by atoms with Gasteiger partial charge in [-0.2, -0.15) is 0 Å². The van der Waals surface area contributed by atoms with Gasteiger partial charge in [0, 0.05) is 19.2 Å². The van der Waals surface area contributed by atoms with Gasteiger partial charge < -0.3 is 19.1 Å². The molecular formula is C22H27NO5. The second-order valence-electron chi connectivity index (χ2n) is 6.47. The standard InChI is InChI=1S/C22H27NO5/c1-17(22(25)27-3)15-23(13-12-18-8-5-4-6-9-18)21(24)16-28-20-11-7-10-19(14-20)26-2/h4-11,14,17H,12-13,15-16H2,1-3H3. The van der Waals surface area contributed by atoms with Crippen molar-refractivity contribution < 1.29 is 23.8 Å². The van der Waals surface area contributed by atoms with Gasteiger partial charge in [-0.3, -0.25) is 9.59 Å². The number of carbonyl (C=O) groups is 2. The molecule has 0 N–H and O–H groups in total. The zero-order valence-electron chi connectivity index (χ0n) is 16.6. The lowest BCUT2D eigenvalue weighted by Crippen LogP contribution is -2.41. The molecule has 0 aliphatic carbocycles. The van der Waals surface area contributed by atoms with E-state index in [1.165, 1.54) is 7.11 Å². The third kappa shape index (κ3) is 6.61. The number of esters is 1. The van der Waals surface area contributed by atoms with E-state index in [1.54, 1.807) is 43.2 Å². The molecule has 0 aliphatic rings. The minimum atomic E-state index is -0.415. The number of ether oxygens (including phenoxy) is 3. The lowest BCUT2D eigenvalue weighted by atomic mass is 10.1. The summed E-state index contributed by atoms with van der Waals surface area (Å²) in [6.45, 7) is 2.40. The summed E-state index contributed by atoms with van der Waals surface area (Å²) < 4.78 is 15.6. The van der Waals surface area contributed by atoms with Crippen LogP contribution in [-0.2, 0) is 20.7 Å². The van der Waals surface area contributed by atoms with Crippen LogP contribution in [0, 0.1) is 5.92 Å². The molecule has 1 atom stereocenters. The summed E-state index contributed by atoms with van der Waals surface area (Å²) in [7, 11) is 2.92. The minimum Gasteiger partial charge on any atom is -0.497 e. The summed E-state index contributed by atoms with van der Waals surface area (Å²) in [6, 6.07) is 17.0. The van der Waals surface area contributed by atoms with Gasteiger partial charge in [0.25, 0.3) is 5.91 Å². The molecule has 6 heteroatoms. The van der Waals surface area contributed by atoms with Crippen molar-refractivity contribution in [2.24, 2.45) is 5.92 Å². The molecular weight excluding hydrogens is 358 g/mol. The largest absolute Gasteiger partial charge is 0.497 e. The molecule has 1 unspecified atom stereocenters. The highest BCUT2D eigenvalue weighted by molar-refractivity contribution is 5.79. The van der Waals surface area contributed by atoms with Crippen molar-refractivity contribution >= 4 is 11.9 Å². The molecule has 0 aromatic heterocycles. The molecule has 0 fully saturated rings. The third-order valence-electron chi connectivity index (χ3n) is 4.37. The number of carbonyl (C=O) groups excluding carboxylic acids is 2. The normalized spacial score (nSPS) is 11.4. The first-order valence-electron chi connectivity index (χ1n) is 9.20. The van der Waals surface area contributed by atoms with Crippen LogP contribution >= 0.6 is 0 Å². The zero-order chi connectivity index (χ0) is 20.4. The smallest absolute Gasteiger partial charge is 0.310 e. The molecule has 0 spiro atoms. The van der Waals surface area contributed by atoms with E-state index in [0.717, 1.165) is 5.56 Å². The van der Waals surface area contributed by atoms with Crippen LogP contribution in [0.4, 0.5) is 0 Å². The van der Waals surface area contributed by atoms with Crippen molar-refractivity contribution in [1.29, 1.82) is 0 Å². The van der Waals surface area contributed by atoms with Gasteiger partial charge in [-0.25, -0.2) is 0 Å². The van der Waals surface area contributed by atoms with E-state index >= 15 is 0 Å². The van der Waals surface area contributed by atoms with Gasteiger partial charge in [0.15, 0.2) is 6.61 Å². The number of hydrogen-bond acceptors (Lipinski definition) is 5. The molecule has 28 heavy (non-hydrogen) atoms. The van der Waals surface area contributed by atoms with Gasteiger partial charge in [0.2, 0.25) is 0 Å². The van der Waals surface area contributed by atoms with Crippen LogP contribution in [-0.4, -0.2) is 50.7 Å². The van der Waals surface area contributed by atoms with Crippen molar-refractivity contribution in [3.8, 4) is 11.5 Å². The fourth-order valence-electron chi connectivity index (χ4n) is 2.76. The Morgan fingerprint density at radius 3 is 2.39 bits per heavy atom. The Morgan fingerprint density at radius 1 is 1.00 bits per heavy atom. The number of nitrogens with zero attached hydrogens (tertiary/aromatic N) is 1. The van der Waals surface area contributed by atoms with E-state index in [9.17, 15) is 9.59 Å². The lowest BCUT2D eigenvalue weighted by Gasteiger charge is -2.25. The predicted molar refractivity (Wildman–Crippen MR) is 106 cm³/mol. The Balaban J connectivity index is 2.00. The molecule has 6 nitrogen and oxygen atoms in total. The third-order valence-corrected chi connectivity index (χ3v) is 4.37. The molecule has 0 bridgehead atoms. The van der Waals surface area contributed by atoms with Gasteiger partial charge >= 0.3 is 5.97 Å². The van der Waals surface area contributed by atoms with Crippen LogP contribution in [0.3, 0.4) is 0 Å². The maximum Gasteiger partial charge on any atom is 0.310 e. The molecule has 0 radical (unpaired) electrons. The first kappa shape index (κ1) is 21.3. The van der Waals surface area contributed by atoms with Crippen LogP contribution in [0.25, 0.3) is 0 Å². The van der Waals surface area contributed by atoms with Gasteiger partial charge in [-0.15, -0.1) is 0 Å². The monoisotopic (exact) mass is 385 g/mol. The molecule has 2 rings (SSSR count). The fourth-order valence-corrected chi connectivity index (χ4v) is 2.76. The van der Waals surface area contributed by atoms with Crippen molar-refractivity contribution in [3.05, 3.63) is 60.2 Å².